The molecule has 21 heavy (non-hydrogen) atoms. The summed E-state index contributed by atoms with van der Waals surface area (Å²) < 4.78 is 0. The Bertz CT molecular complexity index is 519. The molecule has 2 saturated carbocycles. The summed E-state index contributed by atoms with van der Waals surface area (Å²) in [4.78, 5) is 25.1. The number of rotatable bonds is 6. The third kappa shape index (κ3) is 3.97. The molecular formula is C16H20N2O3. The summed E-state index contributed by atoms with van der Waals surface area (Å²) in [5, 5.41) is 11.7. The van der Waals surface area contributed by atoms with Gasteiger partial charge in [-0.2, -0.15) is 0 Å². The van der Waals surface area contributed by atoms with E-state index in [1.165, 1.54) is 37.8 Å². The van der Waals surface area contributed by atoms with Crippen molar-refractivity contribution in [1.29, 1.82) is 0 Å². The van der Waals surface area contributed by atoms with Gasteiger partial charge in [-0.1, -0.05) is 0 Å². The molecule has 0 aromatic heterocycles. The second-order valence-corrected chi connectivity index (χ2v) is 6.10. The van der Waals surface area contributed by atoms with Gasteiger partial charge < -0.3 is 15.3 Å². The van der Waals surface area contributed by atoms with Crippen LogP contribution in [0.15, 0.2) is 24.3 Å². The van der Waals surface area contributed by atoms with Gasteiger partial charge in [-0.05, 0) is 61.8 Å². The van der Waals surface area contributed by atoms with Crippen molar-refractivity contribution in [3.63, 3.8) is 0 Å². The smallest absolute Gasteiger partial charge is 0.335 e. The first kappa shape index (κ1) is 13.9. The van der Waals surface area contributed by atoms with E-state index in [1.807, 2.05) is 4.90 Å². The van der Waals surface area contributed by atoms with Crippen molar-refractivity contribution < 1.29 is 14.7 Å². The number of anilines is 1. The summed E-state index contributed by atoms with van der Waals surface area (Å²) in [6.45, 7) is 1.69. The van der Waals surface area contributed by atoms with Gasteiger partial charge in [0.2, 0.25) is 0 Å². The zero-order chi connectivity index (χ0) is 14.8. The fourth-order valence-electron chi connectivity index (χ4n) is 2.36. The van der Waals surface area contributed by atoms with Crippen molar-refractivity contribution in [3.8, 4) is 0 Å². The molecule has 0 radical (unpaired) electrons. The summed E-state index contributed by atoms with van der Waals surface area (Å²) in [6, 6.07) is 6.20. The normalized spacial score (nSPS) is 17.3. The van der Waals surface area contributed by atoms with Crippen molar-refractivity contribution in [2.75, 3.05) is 18.4 Å². The first-order chi connectivity index (χ1) is 10.1. The first-order valence-electron chi connectivity index (χ1n) is 7.51. The number of carboxylic acid groups (broad SMARTS) is 1. The Labute approximate surface area is 123 Å². The van der Waals surface area contributed by atoms with Crippen molar-refractivity contribution in [1.82, 2.24) is 4.90 Å². The van der Waals surface area contributed by atoms with E-state index < -0.39 is 5.97 Å². The summed E-state index contributed by atoms with van der Waals surface area (Å²) in [7, 11) is 0. The third-order valence-electron chi connectivity index (χ3n) is 4.02. The SMILES string of the molecule is O=C(O)c1ccc(NC(=O)N(CC2CC2)CC2CC2)cc1. The predicted molar refractivity (Wildman–Crippen MR) is 79.4 cm³/mol. The standard InChI is InChI=1S/C16H20N2O3/c19-15(20)13-5-7-14(8-6-13)17-16(21)18(9-11-1-2-11)10-12-3-4-12/h5-8,11-12H,1-4,9-10H2,(H,17,21)(H,19,20). The second kappa shape index (κ2) is 5.76. The molecule has 5 heteroatoms. The van der Waals surface area contributed by atoms with Crippen molar-refractivity contribution in [2.45, 2.75) is 25.7 Å². The van der Waals surface area contributed by atoms with Gasteiger partial charge in [0.05, 0.1) is 5.56 Å². The molecule has 2 amide bonds. The van der Waals surface area contributed by atoms with E-state index in [0.717, 1.165) is 13.1 Å². The lowest BCUT2D eigenvalue weighted by Crippen LogP contribution is -2.38. The minimum atomic E-state index is -0.961. The molecule has 112 valence electrons. The van der Waals surface area contributed by atoms with Crippen molar-refractivity contribution >= 4 is 17.7 Å². The minimum Gasteiger partial charge on any atom is -0.478 e. The average molecular weight is 288 g/mol. The van der Waals surface area contributed by atoms with Crippen molar-refractivity contribution in [3.05, 3.63) is 29.8 Å². The quantitative estimate of drug-likeness (QED) is 0.845. The molecule has 5 nitrogen and oxygen atoms in total. The van der Waals surface area contributed by atoms with E-state index in [0.29, 0.717) is 17.5 Å². The molecule has 3 rings (SSSR count). The summed E-state index contributed by atoms with van der Waals surface area (Å²) in [5.74, 6) is 0.379. The summed E-state index contributed by atoms with van der Waals surface area (Å²) in [6.07, 6.45) is 4.90. The molecule has 0 saturated heterocycles. The molecule has 1 aromatic rings. The van der Waals surface area contributed by atoms with Gasteiger partial charge in [-0.3, -0.25) is 0 Å². The molecule has 1 aromatic carbocycles. The van der Waals surface area contributed by atoms with Crippen LogP contribution in [0, 0.1) is 11.8 Å². The highest BCUT2D eigenvalue weighted by molar-refractivity contribution is 5.91. The fraction of sp³-hybridized carbons (Fsp3) is 0.500. The molecule has 2 fully saturated rings. The van der Waals surface area contributed by atoms with Crippen LogP contribution in [0.3, 0.4) is 0 Å². The topological polar surface area (TPSA) is 69.6 Å². The number of carbonyl (C=O) groups is 2. The molecular weight excluding hydrogens is 268 g/mol. The molecule has 0 atom stereocenters. The lowest BCUT2D eigenvalue weighted by molar-refractivity contribution is 0.0697. The van der Waals surface area contributed by atoms with Crippen LogP contribution in [-0.4, -0.2) is 35.1 Å². The molecule has 0 bridgehead atoms. The largest absolute Gasteiger partial charge is 0.478 e. The molecule has 0 unspecified atom stereocenters. The number of amides is 2. The maximum absolute atomic E-state index is 12.4. The van der Waals surface area contributed by atoms with Gasteiger partial charge in [-0.15, -0.1) is 0 Å². The summed E-state index contributed by atoms with van der Waals surface area (Å²) in [5.41, 5.74) is 0.863. The average Bonchev–Trinajstić information content (AvgIpc) is 3.34. The van der Waals surface area contributed by atoms with E-state index in [4.69, 9.17) is 5.11 Å². The number of carbonyl (C=O) groups excluding carboxylic acids is 1. The lowest BCUT2D eigenvalue weighted by atomic mass is 10.2. The molecule has 0 heterocycles. The zero-order valence-corrected chi connectivity index (χ0v) is 11.9. The van der Waals surface area contributed by atoms with Crippen LogP contribution in [0.2, 0.25) is 0 Å². The van der Waals surface area contributed by atoms with Gasteiger partial charge in [0, 0.05) is 18.8 Å². The van der Waals surface area contributed by atoms with Crippen LogP contribution in [0.4, 0.5) is 10.5 Å². The Morgan fingerprint density at radius 3 is 2.00 bits per heavy atom. The van der Waals surface area contributed by atoms with Gasteiger partial charge in [0.1, 0.15) is 0 Å². The van der Waals surface area contributed by atoms with E-state index in [-0.39, 0.29) is 11.6 Å². The number of nitrogens with one attached hydrogen (secondary N) is 1. The molecule has 2 aliphatic carbocycles. The highest BCUT2D eigenvalue weighted by Crippen LogP contribution is 2.33. The van der Waals surface area contributed by atoms with E-state index in [1.54, 1.807) is 12.1 Å². The van der Waals surface area contributed by atoms with Crippen LogP contribution in [-0.2, 0) is 0 Å². The lowest BCUT2D eigenvalue weighted by Gasteiger charge is -2.23. The molecule has 2 aliphatic rings. The monoisotopic (exact) mass is 288 g/mol. The van der Waals surface area contributed by atoms with Gasteiger partial charge >= 0.3 is 12.0 Å². The number of benzene rings is 1. The Hall–Kier alpha value is -2.04. The van der Waals surface area contributed by atoms with E-state index in [2.05, 4.69) is 5.32 Å². The summed E-state index contributed by atoms with van der Waals surface area (Å²) >= 11 is 0. The maximum atomic E-state index is 12.4. The van der Waals surface area contributed by atoms with Gasteiger partial charge in [0.15, 0.2) is 0 Å². The Kier molecular flexibility index (Phi) is 3.82. The predicted octanol–water partition coefficient (Wildman–Crippen LogP) is 3.04. The van der Waals surface area contributed by atoms with Crippen LogP contribution in [0.5, 0.6) is 0 Å². The first-order valence-corrected chi connectivity index (χ1v) is 7.51. The third-order valence-corrected chi connectivity index (χ3v) is 4.02. The number of hydrogen-bond acceptors (Lipinski definition) is 2. The van der Waals surface area contributed by atoms with Crippen LogP contribution in [0.1, 0.15) is 36.0 Å². The van der Waals surface area contributed by atoms with E-state index >= 15 is 0 Å². The van der Waals surface area contributed by atoms with E-state index in [9.17, 15) is 9.59 Å². The van der Waals surface area contributed by atoms with Gasteiger partial charge in [-0.25, -0.2) is 9.59 Å². The second-order valence-electron chi connectivity index (χ2n) is 6.10. The van der Waals surface area contributed by atoms with Gasteiger partial charge in [0.25, 0.3) is 0 Å². The van der Waals surface area contributed by atoms with Crippen LogP contribution < -0.4 is 5.32 Å². The molecule has 2 N–H and O–H groups in total. The maximum Gasteiger partial charge on any atom is 0.335 e. The number of nitrogens with zero attached hydrogens (tertiary/aromatic N) is 1. The van der Waals surface area contributed by atoms with Crippen molar-refractivity contribution in [2.24, 2.45) is 11.8 Å². The highest BCUT2D eigenvalue weighted by Gasteiger charge is 2.31. The Morgan fingerprint density at radius 1 is 1.05 bits per heavy atom. The Morgan fingerprint density at radius 2 is 1.57 bits per heavy atom. The molecule has 0 spiro atoms. The number of aromatic carboxylic acids is 1. The molecule has 0 aliphatic heterocycles. The fourth-order valence-corrected chi connectivity index (χ4v) is 2.36. The minimum absolute atomic E-state index is 0.0723. The van der Waals surface area contributed by atoms with Crippen LogP contribution in [0.25, 0.3) is 0 Å². The number of urea groups is 1. The highest BCUT2D eigenvalue weighted by atomic mass is 16.4. The number of hydrogen-bond donors (Lipinski definition) is 2. The number of carboxylic acids is 1. The Balaban J connectivity index is 1.60. The van der Waals surface area contributed by atoms with Crippen LogP contribution >= 0.6 is 0 Å². The zero-order valence-electron chi connectivity index (χ0n) is 11.9.